The topological polar surface area (TPSA) is 57.5 Å². The predicted molar refractivity (Wildman–Crippen MR) is 58.5 cm³/mol. The van der Waals surface area contributed by atoms with Crippen LogP contribution < -0.4 is 0 Å². The second kappa shape index (κ2) is 5.20. The van der Waals surface area contributed by atoms with Gasteiger partial charge in [0, 0.05) is 6.42 Å². The molecule has 1 aromatic carbocycles. The van der Waals surface area contributed by atoms with Crippen molar-refractivity contribution in [2.24, 2.45) is 0 Å². The maximum Gasteiger partial charge on any atom is 0.339 e. The summed E-state index contributed by atoms with van der Waals surface area (Å²) in [4.78, 5) is 11.0. The maximum atomic E-state index is 11.0. The lowest BCUT2D eigenvalue weighted by atomic mass is 10.0. The van der Waals surface area contributed by atoms with Crippen LogP contribution in [0, 0.1) is 0 Å². The molecule has 0 heterocycles. The molecule has 2 N–H and O–H groups in total. The number of aliphatic carboxylic acids is 1. The summed E-state index contributed by atoms with van der Waals surface area (Å²) >= 11 is 0. The van der Waals surface area contributed by atoms with Gasteiger partial charge in [-0.3, -0.25) is 0 Å². The van der Waals surface area contributed by atoms with Gasteiger partial charge in [0.15, 0.2) is 0 Å². The molecular weight excluding hydrogens is 192 g/mol. The summed E-state index contributed by atoms with van der Waals surface area (Å²) in [6.07, 6.45) is 1.10. The highest BCUT2D eigenvalue weighted by molar-refractivity contribution is 6.15. The Morgan fingerprint density at radius 2 is 1.80 bits per heavy atom. The Hall–Kier alpha value is -1.77. The summed E-state index contributed by atoms with van der Waals surface area (Å²) < 4.78 is 0. The van der Waals surface area contributed by atoms with E-state index in [1.165, 1.54) is 0 Å². The molecule has 80 valence electrons. The fourth-order valence-electron chi connectivity index (χ4n) is 1.38. The molecule has 0 unspecified atom stereocenters. The number of rotatable bonds is 4. The number of hydrogen-bond donors (Lipinski definition) is 2. The normalized spacial score (nSPS) is 12.1. The largest absolute Gasteiger partial charge is 0.511 e. The Bertz CT molecular complexity index is 366. The zero-order valence-corrected chi connectivity index (χ0v) is 8.60. The molecule has 0 fully saturated rings. The first-order chi connectivity index (χ1) is 7.16. The summed E-state index contributed by atoms with van der Waals surface area (Å²) in [5, 5.41) is 18.6. The number of aliphatic hydroxyl groups excluding tert-OH is 1. The smallest absolute Gasteiger partial charge is 0.339 e. The minimum Gasteiger partial charge on any atom is -0.511 e. The maximum absolute atomic E-state index is 11.0. The molecule has 0 aromatic heterocycles. The highest BCUT2D eigenvalue weighted by Gasteiger charge is 2.15. The van der Waals surface area contributed by atoms with Gasteiger partial charge in [0.05, 0.1) is 0 Å². The van der Waals surface area contributed by atoms with Crippen molar-refractivity contribution >= 4 is 11.5 Å². The third-order valence-electron chi connectivity index (χ3n) is 2.05. The lowest BCUT2D eigenvalue weighted by molar-refractivity contribution is -0.130. The predicted octanol–water partition coefficient (Wildman–Crippen LogP) is 2.84. The van der Waals surface area contributed by atoms with E-state index in [0.717, 1.165) is 6.42 Å². The van der Waals surface area contributed by atoms with Crippen molar-refractivity contribution < 1.29 is 15.0 Å². The van der Waals surface area contributed by atoms with Crippen molar-refractivity contribution in [3.63, 3.8) is 0 Å². The molecule has 3 nitrogen and oxygen atoms in total. The Morgan fingerprint density at radius 1 is 1.20 bits per heavy atom. The van der Waals surface area contributed by atoms with Crippen LogP contribution in [0.25, 0.3) is 5.57 Å². The number of allylic oxidation sites excluding steroid dienone is 1. The molecule has 0 amide bonds. The molecule has 0 aliphatic heterocycles. The number of carboxylic acid groups (broad SMARTS) is 1. The van der Waals surface area contributed by atoms with Gasteiger partial charge in [-0.1, -0.05) is 37.3 Å². The third-order valence-corrected chi connectivity index (χ3v) is 2.05. The second-order valence-electron chi connectivity index (χ2n) is 3.24. The Morgan fingerprint density at radius 3 is 2.27 bits per heavy atom. The van der Waals surface area contributed by atoms with Gasteiger partial charge in [0.1, 0.15) is 11.3 Å². The minimum atomic E-state index is -1.09. The molecule has 0 aliphatic carbocycles. The Kier molecular flexibility index (Phi) is 3.92. The summed E-state index contributed by atoms with van der Waals surface area (Å²) in [5.41, 5.74) is 0.536. The summed E-state index contributed by atoms with van der Waals surface area (Å²) in [5.74, 6) is -1.15. The van der Waals surface area contributed by atoms with Crippen LogP contribution >= 0.6 is 0 Å². The second-order valence-corrected chi connectivity index (χ2v) is 3.24. The lowest BCUT2D eigenvalue weighted by Crippen LogP contribution is -2.03. The molecule has 15 heavy (non-hydrogen) atoms. The van der Waals surface area contributed by atoms with Gasteiger partial charge in [-0.05, 0) is 12.0 Å². The molecule has 3 heteroatoms. The van der Waals surface area contributed by atoms with Crippen LogP contribution in [-0.2, 0) is 4.79 Å². The zero-order valence-electron chi connectivity index (χ0n) is 8.60. The van der Waals surface area contributed by atoms with Crippen LogP contribution in [0.1, 0.15) is 25.3 Å². The fraction of sp³-hybridized carbons (Fsp3) is 0.250. The Balaban J connectivity index is 3.15. The van der Waals surface area contributed by atoms with Crippen LogP contribution in [0.15, 0.2) is 36.1 Å². The molecule has 1 aromatic rings. The first-order valence-electron chi connectivity index (χ1n) is 4.87. The van der Waals surface area contributed by atoms with Crippen molar-refractivity contribution in [2.75, 3.05) is 0 Å². The van der Waals surface area contributed by atoms with Gasteiger partial charge in [-0.25, -0.2) is 4.79 Å². The molecule has 0 aliphatic rings. The van der Waals surface area contributed by atoms with Gasteiger partial charge in [-0.2, -0.15) is 0 Å². The first-order valence-corrected chi connectivity index (χ1v) is 4.87. The molecule has 0 saturated carbocycles. The summed E-state index contributed by atoms with van der Waals surface area (Å²) in [6, 6.07) is 8.65. The Labute approximate surface area is 88.7 Å². The van der Waals surface area contributed by atoms with E-state index in [9.17, 15) is 9.90 Å². The van der Waals surface area contributed by atoms with Crippen molar-refractivity contribution in [1.29, 1.82) is 0 Å². The van der Waals surface area contributed by atoms with E-state index < -0.39 is 5.97 Å². The number of benzene rings is 1. The number of carboxylic acids is 1. The standard InChI is InChI=1S/C12H14O3/c1-2-6-10(13)11(12(14)15)9-7-4-3-5-8-9/h3-5,7-8,13H,2,6H2,1H3,(H,14,15). The minimum absolute atomic E-state index is 0.00236. The van der Waals surface area contributed by atoms with E-state index in [1.807, 2.05) is 6.92 Å². The molecular formula is C12H14O3. The monoisotopic (exact) mass is 206 g/mol. The number of hydrogen-bond acceptors (Lipinski definition) is 2. The van der Waals surface area contributed by atoms with Crippen molar-refractivity contribution in [3.8, 4) is 0 Å². The van der Waals surface area contributed by atoms with E-state index in [-0.39, 0.29) is 11.3 Å². The van der Waals surface area contributed by atoms with Crippen molar-refractivity contribution in [3.05, 3.63) is 41.7 Å². The highest BCUT2D eigenvalue weighted by Crippen LogP contribution is 2.20. The van der Waals surface area contributed by atoms with Gasteiger partial charge in [-0.15, -0.1) is 0 Å². The lowest BCUT2D eigenvalue weighted by Gasteiger charge is -2.05. The van der Waals surface area contributed by atoms with Gasteiger partial charge >= 0.3 is 5.97 Å². The number of carbonyl (C=O) groups is 1. The van der Waals surface area contributed by atoms with Gasteiger partial charge in [0.25, 0.3) is 0 Å². The zero-order chi connectivity index (χ0) is 11.3. The highest BCUT2D eigenvalue weighted by atomic mass is 16.4. The van der Waals surface area contributed by atoms with E-state index in [1.54, 1.807) is 30.3 Å². The van der Waals surface area contributed by atoms with Gasteiger partial charge in [0.2, 0.25) is 0 Å². The summed E-state index contributed by atoms with van der Waals surface area (Å²) in [7, 11) is 0. The average molecular weight is 206 g/mol. The first kappa shape index (κ1) is 11.3. The van der Waals surface area contributed by atoms with Crippen LogP contribution in [0.3, 0.4) is 0 Å². The SMILES string of the molecule is CCCC(O)=C(C(=O)O)c1ccccc1. The molecule has 0 bridgehead atoms. The molecule has 0 saturated heterocycles. The van der Waals surface area contributed by atoms with Gasteiger partial charge < -0.3 is 10.2 Å². The quantitative estimate of drug-likeness (QED) is 0.588. The van der Waals surface area contributed by atoms with Crippen LogP contribution in [0.4, 0.5) is 0 Å². The molecule has 0 radical (unpaired) electrons. The van der Waals surface area contributed by atoms with Crippen LogP contribution in [0.5, 0.6) is 0 Å². The molecule has 0 spiro atoms. The van der Waals surface area contributed by atoms with E-state index in [0.29, 0.717) is 12.0 Å². The average Bonchev–Trinajstić information content (AvgIpc) is 2.19. The van der Waals surface area contributed by atoms with E-state index in [4.69, 9.17) is 5.11 Å². The van der Waals surface area contributed by atoms with Crippen molar-refractivity contribution in [2.45, 2.75) is 19.8 Å². The van der Waals surface area contributed by atoms with Crippen LogP contribution in [-0.4, -0.2) is 16.2 Å². The summed E-state index contributed by atoms with van der Waals surface area (Å²) in [6.45, 7) is 1.89. The van der Waals surface area contributed by atoms with E-state index in [2.05, 4.69) is 0 Å². The van der Waals surface area contributed by atoms with Crippen LogP contribution in [0.2, 0.25) is 0 Å². The molecule has 0 atom stereocenters. The van der Waals surface area contributed by atoms with E-state index >= 15 is 0 Å². The molecule has 1 rings (SSSR count). The number of aliphatic hydroxyl groups is 1. The third kappa shape index (κ3) is 2.84. The fourth-order valence-corrected chi connectivity index (χ4v) is 1.38. The van der Waals surface area contributed by atoms with Crippen molar-refractivity contribution in [1.82, 2.24) is 0 Å².